The second-order valence-electron chi connectivity index (χ2n) is 11.2. The summed E-state index contributed by atoms with van der Waals surface area (Å²) in [6.07, 6.45) is 12.8. The van der Waals surface area contributed by atoms with Crippen LogP contribution in [-0.4, -0.2) is 17.7 Å². The monoisotopic (exact) mass is 512 g/mol. The van der Waals surface area contributed by atoms with Gasteiger partial charge in [-0.3, -0.25) is 0 Å². The van der Waals surface area contributed by atoms with Gasteiger partial charge in [0.25, 0.3) is 0 Å². The molecule has 1 aromatic heterocycles. The zero-order chi connectivity index (χ0) is 26.8. The maximum atomic E-state index is 2.56. The average Bonchev–Trinajstić information content (AvgIpc) is 3.31. The Kier molecular flexibility index (Phi) is 7.28. The van der Waals surface area contributed by atoms with Crippen molar-refractivity contribution in [3.63, 3.8) is 0 Å². The van der Waals surface area contributed by atoms with E-state index in [0.29, 0.717) is 5.92 Å². The number of hydrogen-bond acceptors (Lipinski definition) is 1. The van der Waals surface area contributed by atoms with Gasteiger partial charge in [0.05, 0.1) is 11.0 Å². The average molecular weight is 513 g/mol. The summed E-state index contributed by atoms with van der Waals surface area (Å²) in [5.41, 5.74) is 7.86. The zero-order valence-corrected chi connectivity index (χ0v) is 23.7. The molecule has 1 unspecified atom stereocenters. The van der Waals surface area contributed by atoms with Crippen molar-refractivity contribution >= 4 is 44.0 Å². The van der Waals surface area contributed by atoms with Crippen LogP contribution in [0.5, 0.6) is 0 Å². The molecular weight excluding hydrogens is 472 g/mol. The first-order valence-electron chi connectivity index (χ1n) is 14.9. The molecule has 0 fully saturated rings. The van der Waals surface area contributed by atoms with Gasteiger partial charge in [-0.25, -0.2) is 0 Å². The molecule has 1 aliphatic carbocycles. The Hall–Kier alpha value is -3.78. The van der Waals surface area contributed by atoms with E-state index in [-0.39, 0.29) is 0 Å². The molecule has 0 bridgehead atoms. The number of nitrogens with zero attached hydrogens (tertiary/aromatic N) is 2. The highest BCUT2D eigenvalue weighted by atomic mass is 15.1. The molecule has 0 saturated carbocycles. The van der Waals surface area contributed by atoms with E-state index in [4.69, 9.17) is 0 Å². The van der Waals surface area contributed by atoms with E-state index in [1.807, 2.05) is 0 Å². The van der Waals surface area contributed by atoms with E-state index in [1.165, 1.54) is 80.8 Å². The third-order valence-electron chi connectivity index (χ3n) is 8.33. The van der Waals surface area contributed by atoms with Crippen LogP contribution in [0, 0.1) is 5.92 Å². The second-order valence-corrected chi connectivity index (χ2v) is 11.2. The summed E-state index contributed by atoms with van der Waals surface area (Å²) in [6.45, 7) is 9.13. The van der Waals surface area contributed by atoms with Gasteiger partial charge in [-0.1, -0.05) is 94.3 Å². The summed E-state index contributed by atoms with van der Waals surface area (Å²) in [7, 11) is 0. The summed E-state index contributed by atoms with van der Waals surface area (Å²) >= 11 is 0. The van der Waals surface area contributed by atoms with Crippen LogP contribution in [0.2, 0.25) is 0 Å². The van der Waals surface area contributed by atoms with E-state index in [9.17, 15) is 0 Å². The standard InChI is InChI=1S/C37H40N2/c1-4-6-23-38(24-7-5-2)31-19-15-28(16-20-31)30-18-21-35-34(26-30)37-33-14-9-8-12-29(33)17-22-36(37)39(35)32-13-10-11-27(3)25-32/h8-22,26-27H,4-7,23-25H2,1-3H3. The van der Waals surface area contributed by atoms with Gasteiger partial charge >= 0.3 is 0 Å². The van der Waals surface area contributed by atoms with Gasteiger partial charge in [0.1, 0.15) is 0 Å². The number of hydrogen-bond donors (Lipinski definition) is 0. The van der Waals surface area contributed by atoms with Crippen molar-refractivity contribution in [1.82, 2.24) is 4.57 Å². The van der Waals surface area contributed by atoms with E-state index in [2.05, 4.69) is 127 Å². The number of fused-ring (bicyclic) bond motifs is 5. The molecule has 1 atom stereocenters. The molecule has 198 valence electrons. The highest BCUT2D eigenvalue weighted by molar-refractivity contribution is 6.22. The largest absolute Gasteiger partial charge is 0.372 e. The fraction of sp³-hybridized carbons (Fsp3) is 0.297. The Morgan fingerprint density at radius 1 is 0.769 bits per heavy atom. The smallest absolute Gasteiger partial charge is 0.0544 e. The van der Waals surface area contributed by atoms with Gasteiger partial charge < -0.3 is 9.47 Å². The van der Waals surface area contributed by atoms with Crippen LogP contribution in [0.4, 0.5) is 5.69 Å². The quantitative estimate of drug-likeness (QED) is 0.191. The van der Waals surface area contributed by atoms with Crippen molar-refractivity contribution < 1.29 is 0 Å². The fourth-order valence-electron chi connectivity index (χ4n) is 6.20. The van der Waals surface area contributed by atoms with E-state index >= 15 is 0 Å². The highest BCUT2D eigenvalue weighted by Gasteiger charge is 2.18. The first-order valence-corrected chi connectivity index (χ1v) is 14.9. The van der Waals surface area contributed by atoms with Crippen LogP contribution in [0.3, 0.4) is 0 Å². The SMILES string of the molecule is CCCCN(CCCC)c1ccc(-c2ccc3c(c2)c2c4ccccc4ccc2n3C2=CC=CC(C)C2)cc1. The Labute approximate surface area is 233 Å². The van der Waals surface area contributed by atoms with Gasteiger partial charge in [0, 0.05) is 35.2 Å². The summed E-state index contributed by atoms with van der Waals surface area (Å²) in [6, 6.07) is 29.8. The molecule has 0 spiro atoms. The van der Waals surface area contributed by atoms with Crippen LogP contribution in [0.15, 0.2) is 97.1 Å². The summed E-state index contributed by atoms with van der Waals surface area (Å²) < 4.78 is 2.50. The summed E-state index contributed by atoms with van der Waals surface area (Å²) in [4.78, 5) is 2.56. The van der Waals surface area contributed by atoms with Crippen LogP contribution >= 0.6 is 0 Å². The molecule has 2 nitrogen and oxygen atoms in total. The van der Waals surface area contributed by atoms with Gasteiger partial charge in [0.15, 0.2) is 0 Å². The Morgan fingerprint density at radius 2 is 1.49 bits per heavy atom. The van der Waals surface area contributed by atoms with E-state index < -0.39 is 0 Å². The van der Waals surface area contributed by atoms with Gasteiger partial charge in [0.2, 0.25) is 0 Å². The van der Waals surface area contributed by atoms with Gasteiger partial charge in [-0.2, -0.15) is 0 Å². The molecule has 0 amide bonds. The predicted molar refractivity (Wildman–Crippen MR) is 172 cm³/mol. The number of aromatic nitrogens is 1. The lowest BCUT2D eigenvalue weighted by molar-refractivity contribution is 0.678. The topological polar surface area (TPSA) is 8.17 Å². The molecule has 2 heteroatoms. The zero-order valence-electron chi connectivity index (χ0n) is 23.7. The van der Waals surface area contributed by atoms with E-state index in [1.54, 1.807) is 0 Å². The first-order chi connectivity index (χ1) is 19.2. The predicted octanol–water partition coefficient (Wildman–Crippen LogP) is 10.5. The number of unbranched alkanes of at least 4 members (excludes halogenated alkanes) is 2. The molecule has 0 saturated heterocycles. The molecule has 4 aromatic carbocycles. The maximum absolute atomic E-state index is 2.56. The minimum Gasteiger partial charge on any atom is -0.372 e. The second kappa shape index (κ2) is 11.1. The third kappa shape index (κ3) is 4.89. The summed E-state index contributed by atoms with van der Waals surface area (Å²) in [5.74, 6) is 0.546. The first kappa shape index (κ1) is 25.5. The highest BCUT2D eigenvalue weighted by Crippen LogP contribution is 2.40. The lowest BCUT2D eigenvalue weighted by Gasteiger charge is -2.25. The summed E-state index contributed by atoms with van der Waals surface area (Å²) in [5, 5.41) is 5.31. The minimum absolute atomic E-state index is 0.546. The van der Waals surface area contributed by atoms with Crippen molar-refractivity contribution in [2.24, 2.45) is 5.92 Å². The Balaban J connectivity index is 1.47. The molecule has 0 radical (unpaired) electrons. The van der Waals surface area contributed by atoms with E-state index in [0.717, 1.165) is 19.5 Å². The molecule has 0 N–H and O–H groups in total. The molecule has 5 aromatic rings. The Morgan fingerprint density at radius 3 is 2.23 bits per heavy atom. The van der Waals surface area contributed by atoms with Gasteiger partial charge in [-0.05, 0) is 83.5 Å². The fourth-order valence-corrected chi connectivity index (χ4v) is 6.20. The maximum Gasteiger partial charge on any atom is 0.0544 e. The molecular formula is C37H40N2. The van der Waals surface area contributed by atoms with Crippen LogP contribution in [-0.2, 0) is 0 Å². The number of anilines is 1. The molecule has 1 aliphatic rings. The van der Waals surface area contributed by atoms with Crippen molar-refractivity contribution in [1.29, 1.82) is 0 Å². The molecule has 1 heterocycles. The van der Waals surface area contributed by atoms with Crippen molar-refractivity contribution in [2.45, 2.75) is 52.9 Å². The lowest BCUT2D eigenvalue weighted by Crippen LogP contribution is -2.25. The number of rotatable bonds is 9. The van der Waals surface area contributed by atoms with Gasteiger partial charge in [-0.15, -0.1) is 0 Å². The Bertz CT molecular complexity index is 1660. The molecule has 6 rings (SSSR count). The molecule has 39 heavy (non-hydrogen) atoms. The van der Waals surface area contributed by atoms with Crippen molar-refractivity contribution in [2.75, 3.05) is 18.0 Å². The van der Waals surface area contributed by atoms with Crippen molar-refractivity contribution in [3.05, 3.63) is 97.1 Å². The lowest BCUT2D eigenvalue weighted by atomic mass is 10.00. The third-order valence-corrected chi connectivity index (χ3v) is 8.33. The van der Waals surface area contributed by atoms with Crippen LogP contribution < -0.4 is 4.90 Å². The number of allylic oxidation sites excluding steroid dienone is 4. The van der Waals surface area contributed by atoms with Crippen LogP contribution in [0.1, 0.15) is 52.9 Å². The molecule has 0 aliphatic heterocycles. The van der Waals surface area contributed by atoms with Crippen molar-refractivity contribution in [3.8, 4) is 11.1 Å². The van der Waals surface area contributed by atoms with Crippen LogP contribution in [0.25, 0.3) is 49.4 Å². The minimum atomic E-state index is 0.546. The number of benzene rings is 4. The normalized spacial score (nSPS) is 15.4.